The van der Waals surface area contributed by atoms with E-state index in [1.54, 1.807) is 0 Å². The highest BCUT2D eigenvalue weighted by Gasteiger charge is 2.24. The summed E-state index contributed by atoms with van der Waals surface area (Å²) in [4.78, 5) is 0. The van der Waals surface area contributed by atoms with Gasteiger partial charge < -0.3 is 5.11 Å². The molecular formula is C13H18O. The maximum Gasteiger partial charge on any atom is 0.119 e. The average Bonchev–Trinajstić information content (AvgIpc) is 2.50. The van der Waals surface area contributed by atoms with Crippen molar-refractivity contribution >= 4 is 0 Å². The normalized spacial score (nSPS) is 15.6. The van der Waals surface area contributed by atoms with E-state index in [4.69, 9.17) is 0 Å². The number of benzene rings is 1. The van der Waals surface area contributed by atoms with Crippen molar-refractivity contribution in [2.24, 2.45) is 0 Å². The molecule has 1 N–H and O–H groups in total. The highest BCUT2D eigenvalue weighted by atomic mass is 16.3. The van der Waals surface area contributed by atoms with E-state index in [0.717, 1.165) is 12.8 Å². The predicted octanol–water partition coefficient (Wildman–Crippen LogP) is 3.18. The van der Waals surface area contributed by atoms with Gasteiger partial charge in [-0.1, -0.05) is 26.8 Å². The Balaban J connectivity index is 2.60. The van der Waals surface area contributed by atoms with Crippen molar-refractivity contribution in [2.75, 3.05) is 0 Å². The van der Waals surface area contributed by atoms with Crippen molar-refractivity contribution in [1.29, 1.82) is 0 Å². The molecule has 0 bridgehead atoms. The lowest BCUT2D eigenvalue weighted by atomic mass is 9.82. The Labute approximate surface area is 85.8 Å². The van der Waals surface area contributed by atoms with Crippen LogP contribution in [0.25, 0.3) is 0 Å². The second-order valence-electron chi connectivity index (χ2n) is 5.19. The van der Waals surface area contributed by atoms with Crippen LogP contribution in [-0.4, -0.2) is 5.11 Å². The molecule has 0 aromatic heterocycles. The topological polar surface area (TPSA) is 20.2 Å². The SMILES string of the molecule is CC(C)(C)c1ccc(O)c2c1CCC2. The fraction of sp³-hybridized carbons (Fsp3) is 0.538. The molecule has 1 nitrogen and oxygen atoms in total. The van der Waals surface area contributed by atoms with Gasteiger partial charge in [0.15, 0.2) is 0 Å². The van der Waals surface area contributed by atoms with Crippen molar-refractivity contribution in [3.05, 3.63) is 28.8 Å². The zero-order valence-corrected chi connectivity index (χ0v) is 9.22. The molecule has 0 heterocycles. The summed E-state index contributed by atoms with van der Waals surface area (Å²) in [5, 5.41) is 9.72. The van der Waals surface area contributed by atoms with Crippen molar-refractivity contribution in [3.63, 3.8) is 0 Å². The third kappa shape index (κ3) is 1.41. The summed E-state index contributed by atoms with van der Waals surface area (Å²) < 4.78 is 0. The molecule has 0 radical (unpaired) electrons. The standard InChI is InChI=1S/C13H18O/c1-13(2,3)11-7-8-12(14)10-6-4-5-9(10)11/h7-8,14H,4-6H2,1-3H3. The van der Waals surface area contributed by atoms with Crippen molar-refractivity contribution in [1.82, 2.24) is 0 Å². The van der Waals surface area contributed by atoms with E-state index in [1.807, 2.05) is 6.07 Å². The van der Waals surface area contributed by atoms with E-state index in [1.165, 1.54) is 23.1 Å². The van der Waals surface area contributed by atoms with Crippen LogP contribution in [0.2, 0.25) is 0 Å². The first-order chi connectivity index (χ1) is 6.50. The largest absolute Gasteiger partial charge is 0.508 e. The number of aromatic hydroxyl groups is 1. The minimum atomic E-state index is 0.197. The Bertz CT molecular complexity index is 358. The van der Waals surface area contributed by atoms with Gasteiger partial charge >= 0.3 is 0 Å². The van der Waals surface area contributed by atoms with E-state index >= 15 is 0 Å². The fourth-order valence-electron chi connectivity index (χ4n) is 2.39. The summed E-state index contributed by atoms with van der Waals surface area (Å²) in [6.07, 6.45) is 3.37. The molecular weight excluding hydrogens is 172 g/mol. The first-order valence-electron chi connectivity index (χ1n) is 5.34. The number of rotatable bonds is 0. The maximum absolute atomic E-state index is 9.72. The molecule has 0 saturated carbocycles. The summed E-state index contributed by atoms with van der Waals surface area (Å²) in [5.41, 5.74) is 4.19. The molecule has 0 atom stereocenters. The molecule has 1 heteroatoms. The van der Waals surface area contributed by atoms with Gasteiger partial charge in [0, 0.05) is 0 Å². The third-order valence-corrected chi connectivity index (χ3v) is 3.07. The Morgan fingerprint density at radius 1 is 1.07 bits per heavy atom. The van der Waals surface area contributed by atoms with Gasteiger partial charge in [0.25, 0.3) is 0 Å². The molecule has 0 spiro atoms. The zero-order valence-electron chi connectivity index (χ0n) is 9.22. The molecule has 1 aliphatic carbocycles. The van der Waals surface area contributed by atoms with Crippen LogP contribution >= 0.6 is 0 Å². The number of fused-ring (bicyclic) bond motifs is 1. The monoisotopic (exact) mass is 190 g/mol. The van der Waals surface area contributed by atoms with Gasteiger partial charge in [-0.05, 0) is 47.4 Å². The Kier molecular flexibility index (Phi) is 2.06. The van der Waals surface area contributed by atoms with Gasteiger partial charge in [0.1, 0.15) is 5.75 Å². The second kappa shape index (κ2) is 3.01. The van der Waals surface area contributed by atoms with E-state index in [0.29, 0.717) is 5.75 Å². The van der Waals surface area contributed by atoms with Gasteiger partial charge in [0.05, 0.1) is 0 Å². The predicted molar refractivity (Wildman–Crippen MR) is 58.8 cm³/mol. The van der Waals surface area contributed by atoms with Gasteiger partial charge in [-0.3, -0.25) is 0 Å². The van der Waals surface area contributed by atoms with Crippen molar-refractivity contribution in [3.8, 4) is 5.75 Å². The molecule has 0 fully saturated rings. The van der Waals surface area contributed by atoms with Gasteiger partial charge in [0.2, 0.25) is 0 Å². The van der Waals surface area contributed by atoms with Gasteiger partial charge in [-0.2, -0.15) is 0 Å². The van der Waals surface area contributed by atoms with Crippen LogP contribution < -0.4 is 0 Å². The minimum Gasteiger partial charge on any atom is -0.508 e. The van der Waals surface area contributed by atoms with Crippen LogP contribution in [0.1, 0.15) is 43.9 Å². The van der Waals surface area contributed by atoms with Crippen LogP contribution in [-0.2, 0) is 18.3 Å². The van der Waals surface area contributed by atoms with E-state index in [9.17, 15) is 5.11 Å². The molecule has 0 saturated heterocycles. The lowest BCUT2D eigenvalue weighted by molar-refractivity contribution is 0.467. The Morgan fingerprint density at radius 3 is 2.36 bits per heavy atom. The third-order valence-electron chi connectivity index (χ3n) is 3.07. The highest BCUT2D eigenvalue weighted by molar-refractivity contribution is 5.49. The van der Waals surface area contributed by atoms with E-state index < -0.39 is 0 Å². The average molecular weight is 190 g/mol. The summed E-state index contributed by atoms with van der Waals surface area (Å²) >= 11 is 0. The van der Waals surface area contributed by atoms with Crippen LogP contribution in [0.15, 0.2) is 12.1 Å². The molecule has 0 aliphatic heterocycles. The smallest absolute Gasteiger partial charge is 0.119 e. The molecule has 0 unspecified atom stereocenters. The molecule has 1 aromatic carbocycles. The molecule has 14 heavy (non-hydrogen) atoms. The molecule has 76 valence electrons. The number of phenols is 1. The summed E-state index contributed by atoms with van der Waals surface area (Å²) in [5.74, 6) is 0.491. The molecule has 2 rings (SSSR count). The van der Waals surface area contributed by atoms with Gasteiger partial charge in [-0.15, -0.1) is 0 Å². The molecule has 0 amide bonds. The van der Waals surface area contributed by atoms with Crippen LogP contribution in [0, 0.1) is 0 Å². The number of hydrogen-bond acceptors (Lipinski definition) is 1. The second-order valence-corrected chi connectivity index (χ2v) is 5.19. The molecule has 1 aromatic rings. The summed E-state index contributed by atoms with van der Waals surface area (Å²) in [6.45, 7) is 6.70. The highest BCUT2D eigenvalue weighted by Crippen LogP contribution is 2.37. The Morgan fingerprint density at radius 2 is 1.71 bits per heavy atom. The quantitative estimate of drug-likeness (QED) is 0.666. The maximum atomic E-state index is 9.72. The number of phenolic OH excluding ortho intramolecular Hbond substituents is 1. The first-order valence-corrected chi connectivity index (χ1v) is 5.34. The van der Waals surface area contributed by atoms with Crippen molar-refractivity contribution in [2.45, 2.75) is 45.4 Å². The fourth-order valence-corrected chi connectivity index (χ4v) is 2.39. The van der Waals surface area contributed by atoms with Gasteiger partial charge in [-0.25, -0.2) is 0 Å². The van der Waals surface area contributed by atoms with Crippen molar-refractivity contribution < 1.29 is 5.11 Å². The lowest BCUT2D eigenvalue weighted by Crippen LogP contribution is -2.14. The molecule has 1 aliphatic rings. The van der Waals surface area contributed by atoms with Crippen LogP contribution in [0.3, 0.4) is 0 Å². The zero-order chi connectivity index (χ0) is 10.3. The lowest BCUT2D eigenvalue weighted by Gasteiger charge is -2.23. The van der Waals surface area contributed by atoms with Crippen LogP contribution in [0.4, 0.5) is 0 Å². The minimum absolute atomic E-state index is 0.197. The van der Waals surface area contributed by atoms with E-state index in [2.05, 4.69) is 26.8 Å². The van der Waals surface area contributed by atoms with Crippen LogP contribution in [0.5, 0.6) is 5.75 Å². The summed E-state index contributed by atoms with van der Waals surface area (Å²) in [6, 6.07) is 3.93. The number of hydrogen-bond donors (Lipinski definition) is 1. The first kappa shape index (κ1) is 9.57. The Hall–Kier alpha value is -0.980. The summed E-state index contributed by atoms with van der Waals surface area (Å²) in [7, 11) is 0. The van der Waals surface area contributed by atoms with E-state index in [-0.39, 0.29) is 5.41 Å².